The van der Waals surface area contributed by atoms with Crippen LogP contribution in [0.15, 0.2) is 65.1 Å². The molecule has 2 aromatic carbocycles. The van der Waals surface area contributed by atoms with Gasteiger partial charge in [-0.3, -0.25) is 19.8 Å². The van der Waals surface area contributed by atoms with Crippen molar-refractivity contribution in [1.29, 1.82) is 0 Å². The van der Waals surface area contributed by atoms with Crippen molar-refractivity contribution in [2.24, 2.45) is 0 Å². The van der Waals surface area contributed by atoms with Crippen LogP contribution >= 0.6 is 0 Å². The minimum Gasteiger partial charge on any atom is -0.383 e. The molecule has 0 unspecified atom stereocenters. The highest BCUT2D eigenvalue weighted by Gasteiger charge is 2.27. The highest BCUT2D eigenvalue weighted by Crippen LogP contribution is 2.25. The molecule has 1 saturated heterocycles. The first-order valence-electron chi connectivity index (χ1n) is 12.2. The van der Waals surface area contributed by atoms with Gasteiger partial charge in [0.2, 0.25) is 10.0 Å². The molecule has 10 heteroatoms. The van der Waals surface area contributed by atoms with Crippen LogP contribution in [-0.4, -0.2) is 93.2 Å². The number of carbonyl (C=O) groups excluding carboxylic acids is 1. The normalized spacial score (nSPS) is 18.1. The van der Waals surface area contributed by atoms with Crippen LogP contribution in [0.2, 0.25) is 0 Å². The van der Waals surface area contributed by atoms with E-state index < -0.39 is 15.9 Å². The predicted molar refractivity (Wildman–Crippen MR) is 137 cm³/mol. The Kier molecular flexibility index (Phi) is 8.89. The lowest BCUT2D eigenvalue weighted by atomic mass is 10.0. The van der Waals surface area contributed by atoms with Crippen LogP contribution in [0.1, 0.15) is 12.0 Å². The van der Waals surface area contributed by atoms with Crippen molar-refractivity contribution in [3.8, 4) is 11.1 Å². The van der Waals surface area contributed by atoms with Crippen LogP contribution < -0.4 is 5.48 Å². The molecule has 0 radical (unpaired) electrons. The van der Waals surface area contributed by atoms with E-state index in [0.29, 0.717) is 5.57 Å². The molecule has 0 spiro atoms. The Labute approximate surface area is 213 Å². The molecule has 1 amide bonds. The van der Waals surface area contributed by atoms with Gasteiger partial charge < -0.3 is 4.74 Å². The number of hydroxylamine groups is 1. The van der Waals surface area contributed by atoms with Crippen LogP contribution in [0, 0.1) is 0 Å². The summed E-state index contributed by atoms with van der Waals surface area (Å²) in [7, 11) is -1.93. The number of benzene rings is 2. The zero-order chi connectivity index (χ0) is 25.5. The smallest absolute Gasteiger partial charge is 0.270 e. The highest BCUT2D eigenvalue weighted by molar-refractivity contribution is 7.89. The summed E-state index contributed by atoms with van der Waals surface area (Å²) in [6, 6.07) is 15.3. The zero-order valence-electron chi connectivity index (χ0n) is 20.6. The van der Waals surface area contributed by atoms with Gasteiger partial charge in [-0.2, -0.15) is 4.31 Å². The Morgan fingerprint density at radius 2 is 1.56 bits per heavy atom. The van der Waals surface area contributed by atoms with Crippen molar-refractivity contribution in [3.05, 3.63) is 65.7 Å². The monoisotopic (exact) mass is 514 g/mol. The Bertz CT molecular complexity index is 1160. The number of ether oxygens (including phenoxy) is 1. The lowest BCUT2D eigenvalue weighted by Gasteiger charge is -2.34. The third-order valence-electron chi connectivity index (χ3n) is 6.83. The van der Waals surface area contributed by atoms with E-state index in [1.54, 1.807) is 24.7 Å². The van der Waals surface area contributed by atoms with Crippen molar-refractivity contribution < 1.29 is 23.2 Å². The van der Waals surface area contributed by atoms with E-state index in [1.165, 1.54) is 15.9 Å². The van der Waals surface area contributed by atoms with Crippen molar-refractivity contribution in [3.63, 3.8) is 0 Å². The maximum Gasteiger partial charge on any atom is 0.270 e. The van der Waals surface area contributed by atoms with Gasteiger partial charge >= 0.3 is 0 Å². The molecule has 0 aliphatic carbocycles. The molecule has 36 heavy (non-hydrogen) atoms. The van der Waals surface area contributed by atoms with Crippen molar-refractivity contribution >= 4 is 15.9 Å². The molecule has 2 N–H and O–H groups in total. The molecule has 0 atom stereocenters. The number of methoxy groups -OCH3 is 1. The molecule has 2 aliphatic heterocycles. The number of piperazine rings is 1. The van der Waals surface area contributed by atoms with Crippen LogP contribution in [0.25, 0.3) is 11.1 Å². The Balaban J connectivity index is 1.34. The summed E-state index contributed by atoms with van der Waals surface area (Å²) in [6.07, 6.45) is 1.78. The molecule has 194 valence electrons. The minimum atomic E-state index is -3.67. The molecule has 1 fully saturated rings. The number of rotatable bonds is 9. The van der Waals surface area contributed by atoms with Crippen molar-refractivity contribution in [2.75, 3.05) is 59.5 Å². The molecule has 2 aromatic rings. The van der Waals surface area contributed by atoms with Crippen molar-refractivity contribution in [1.82, 2.24) is 19.6 Å². The van der Waals surface area contributed by atoms with Crippen LogP contribution in [0.4, 0.5) is 0 Å². The number of amides is 1. The molecular formula is C26H34N4O5S. The number of sulfonamides is 1. The number of hydrogen-bond donors (Lipinski definition) is 2. The highest BCUT2D eigenvalue weighted by atomic mass is 32.2. The zero-order valence-corrected chi connectivity index (χ0v) is 21.4. The molecule has 0 bridgehead atoms. The maximum atomic E-state index is 13.0. The molecule has 4 rings (SSSR count). The first-order valence-corrected chi connectivity index (χ1v) is 13.6. The van der Waals surface area contributed by atoms with Gasteiger partial charge in [0.25, 0.3) is 5.91 Å². The first kappa shape index (κ1) is 26.5. The number of nitrogens with zero attached hydrogens (tertiary/aromatic N) is 3. The molecule has 2 heterocycles. The summed E-state index contributed by atoms with van der Waals surface area (Å²) in [5, 5.41) is 8.75. The Morgan fingerprint density at radius 1 is 0.944 bits per heavy atom. The quantitative estimate of drug-likeness (QED) is 0.390. The second kappa shape index (κ2) is 12.1. The van der Waals surface area contributed by atoms with E-state index in [0.717, 1.165) is 57.0 Å². The second-order valence-electron chi connectivity index (χ2n) is 9.12. The topological polar surface area (TPSA) is 102 Å². The number of hydrogen-bond acceptors (Lipinski definition) is 7. The summed E-state index contributed by atoms with van der Waals surface area (Å²) in [5.41, 5.74) is 5.22. The van der Waals surface area contributed by atoms with E-state index in [-0.39, 0.29) is 24.4 Å². The minimum absolute atomic E-state index is 0.0938. The lowest BCUT2D eigenvalue weighted by molar-refractivity contribution is -0.125. The SMILES string of the molecule is COCCN1CCN(Cc2ccc(-c3ccc(S(=O)(=O)N4CC=C(C(=O)NO)CC4)cc3)cc2)CC1. The van der Waals surface area contributed by atoms with Gasteiger partial charge in [-0.15, -0.1) is 0 Å². The van der Waals surface area contributed by atoms with Crippen LogP contribution in [0.3, 0.4) is 0 Å². The molecule has 0 aromatic heterocycles. The van der Waals surface area contributed by atoms with E-state index >= 15 is 0 Å². The lowest BCUT2D eigenvalue weighted by Crippen LogP contribution is -2.46. The average molecular weight is 515 g/mol. The predicted octanol–water partition coefficient (Wildman–Crippen LogP) is 1.94. The molecule has 9 nitrogen and oxygen atoms in total. The van der Waals surface area contributed by atoms with E-state index in [1.807, 2.05) is 12.1 Å². The van der Waals surface area contributed by atoms with Gasteiger partial charge in [-0.1, -0.05) is 42.5 Å². The van der Waals surface area contributed by atoms with Gasteiger partial charge in [0.05, 0.1) is 11.5 Å². The summed E-state index contributed by atoms with van der Waals surface area (Å²) in [6.45, 7) is 7.17. The van der Waals surface area contributed by atoms with Gasteiger partial charge in [-0.25, -0.2) is 13.9 Å². The molecule has 0 saturated carbocycles. The maximum absolute atomic E-state index is 13.0. The number of carbonyl (C=O) groups is 1. The average Bonchev–Trinajstić information content (AvgIpc) is 2.93. The largest absolute Gasteiger partial charge is 0.383 e. The van der Waals surface area contributed by atoms with Crippen molar-refractivity contribution in [2.45, 2.75) is 17.9 Å². The summed E-state index contributed by atoms with van der Waals surface area (Å²) < 4.78 is 32.5. The van der Waals surface area contributed by atoms with Gasteiger partial charge in [0, 0.05) is 65.0 Å². The van der Waals surface area contributed by atoms with E-state index in [4.69, 9.17) is 9.94 Å². The fourth-order valence-corrected chi connectivity index (χ4v) is 5.95. The standard InChI is InChI=1S/C26H34N4O5S/c1-35-19-18-28-14-16-29(17-15-28)20-21-2-4-22(5-3-21)23-6-8-25(9-7-23)36(33,34)30-12-10-24(11-13-30)26(31)27-32/h2-10,32H,11-20H2,1H3,(H,27,31). The van der Waals surface area contributed by atoms with Gasteiger partial charge in [0.15, 0.2) is 0 Å². The first-order chi connectivity index (χ1) is 17.4. The fourth-order valence-electron chi connectivity index (χ4n) is 4.57. The molecule has 2 aliphatic rings. The summed E-state index contributed by atoms with van der Waals surface area (Å²) in [4.78, 5) is 16.6. The van der Waals surface area contributed by atoms with Crippen LogP contribution in [-0.2, 0) is 26.1 Å². The fraction of sp³-hybridized carbons (Fsp3) is 0.423. The Hall–Kier alpha value is -2.60. The summed E-state index contributed by atoms with van der Waals surface area (Å²) >= 11 is 0. The van der Waals surface area contributed by atoms with E-state index in [9.17, 15) is 13.2 Å². The third kappa shape index (κ3) is 6.39. The number of nitrogens with one attached hydrogen (secondary N) is 1. The van der Waals surface area contributed by atoms with Gasteiger partial charge in [-0.05, 0) is 35.2 Å². The van der Waals surface area contributed by atoms with E-state index in [2.05, 4.69) is 34.1 Å². The van der Waals surface area contributed by atoms with Crippen LogP contribution in [0.5, 0.6) is 0 Å². The third-order valence-corrected chi connectivity index (χ3v) is 8.71. The molecular weight excluding hydrogens is 480 g/mol. The second-order valence-corrected chi connectivity index (χ2v) is 11.1. The Morgan fingerprint density at radius 3 is 2.11 bits per heavy atom. The van der Waals surface area contributed by atoms with Gasteiger partial charge in [0.1, 0.15) is 0 Å². The summed E-state index contributed by atoms with van der Waals surface area (Å²) in [5.74, 6) is -0.595.